The molecule has 26 heavy (non-hydrogen) atoms. The molecule has 5 nitrogen and oxygen atoms in total. The SMILES string of the molecule is CCN(CC)C(=O)N1CCN(C2(c3ccccc3)CCN(C)CC2)CC1. The van der Waals surface area contributed by atoms with Crippen LogP contribution in [-0.2, 0) is 5.54 Å². The number of hydrogen-bond acceptors (Lipinski definition) is 3. The molecule has 2 amide bonds. The van der Waals surface area contributed by atoms with Gasteiger partial charge in [0.05, 0.1) is 0 Å². The van der Waals surface area contributed by atoms with Crippen molar-refractivity contribution in [3.05, 3.63) is 35.9 Å². The van der Waals surface area contributed by atoms with E-state index in [2.05, 4.69) is 61.0 Å². The van der Waals surface area contributed by atoms with Crippen molar-refractivity contribution >= 4 is 6.03 Å². The lowest BCUT2D eigenvalue weighted by molar-refractivity contribution is -0.00541. The van der Waals surface area contributed by atoms with Crippen LogP contribution in [0.5, 0.6) is 0 Å². The van der Waals surface area contributed by atoms with Gasteiger partial charge < -0.3 is 14.7 Å². The summed E-state index contributed by atoms with van der Waals surface area (Å²) in [7, 11) is 2.22. The van der Waals surface area contributed by atoms with Crippen molar-refractivity contribution in [1.82, 2.24) is 19.6 Å². The molecule has 1 aromatic carbocycles. The quantitative estimate of drug-likeness (QED) is 0.829. The van der Waals surface area contributed by atoms with Crippen LogP contribution in [0, 0.1) is 0 Å². The first-order valence-electron chi connectivity index (χ1n) is 10.1. The Morgan fingerprint density at radius 1 is 0.962 bits per heavy atom. The van der Waals surface area contributed by atoms with E-state index in [-0.39, 0.29) is 11.6 Å². The van der Waals surface area contributed by atoms with Gasteiger partial charge in [-0.1, -0.05) is 30.3 Å². The Hall–Kier alpha value is -1.59. The molecule has 0 saturated carbocycles. The van der Waals surface area contributed by atoms with Crippen molar-refractivity contribution in [1.29, 1.82) is 0 Å². The molecular weight excluding hydrogens is 324 g/mol. The number of carbonyl (C=O) groups excluding carboxylic acids is 1. The molecule has 0 aromatic heterocycles. The summed E-state index contributed by atoms with van der Waals surface area (Å²) < 4.78 is 0. The molecule has 2 fully saturated rings. The van der Waals surface area contributed by atoms with Crippen LogP contribution in [-0.4, -0.2) is 85.0 Å². The zero-order valence-corrected chi connectivity index (χ0v) is 16.7. The highest BCUT2D eigenvalue weighted by molar-refractivity contribution is 5.74. The first kappa shape index (κ1) is 19.2. The van der Waals surface area contributed by atoms with Gasteiger partial charge in [-0.15, -0.1) is 0 Å². The van der Waals surface area contributed by atoms with Crippen molar-refractivity contribution in [3.8, 4) is 0 Å². The maximum Gasteiger partial charge on any atom is 0.320 e. The Bertz CT molecular complexity index is 571. The zero-order valence-electron chi connectivity index (χ0n) is 16.7. The third-order valence-corrected chi connectivity index (χ3v) is 6.31. The van der Waals surface area contributed by atoms with Crippen molar-refractivity contribution < 1.29 is 4.79 Å². The van der Waals surface area contributed by atoms with Gasteiger partial charge in [0.2, 0.25) is 0 Å². The molecule has 2 aliphatic heterocycles. The second-order valence-corrected chi connectivity index (χ2v) is 7.63. The van der Waals surface area contributed by atoms with Crippen molar-refractivity contribution in [2.45, 2.75) is 32.2 Å². The van der Waals surface area contributed by atoms with Gasteiger partial charge in [0.15, 0.2) is 0 Å². The lowest BCUT2D eigenvalue weighted by atomic mass is 9.79. The van der Waals surface area contributed by atoms with E-state index in [1.165, 1.54) is 5.56 Å². The number of amides is 2. The van der Waals surface area contributed by atoms with Gasteiger partial charge in [0.25, 0.3) is 0 Å². The van der Waals surface area contributed by atoms with Gasteiger partial charge in [-0.05, 0) is 52.4 Å². The lowest BCUT2D eigenvalue weighted by Crippen LogP contribution is -2.60. The molecule has 0 N–H and O–H groups in total. The van der Waals surface area contributed by atoms with Gasteiger partial charge in [-0.3, -0.25) is 4.90 Å². The number of nitrogens with zero attached hydrogens (tertiary/aromatic N) is 4. The third-order valence-electron chi connectivity index (χ3n) is 6.31. The summed E-state index contributed by atoms with van der Waals surface area (Å²) >= 11 is 0. The third kappa shape index (κ3) is 3.74. The molecule has 5 heteroatoms. The molecule has 2 heterocycles. The van der Waals surface area contributed by atoms with E-state index < -0.39 is 0 Å². The molecule has 3 rings (SSSR count). The van der Waals surface area contributed by atoms with Crippen LogP contribution in [0.1, 0.15) is 32.3 Å². The highest BCUT2D eigenvalue weighted by atomic mass is 16.2. The minimum atomic E-state index is 0.123. The summed E-state index contributed by atoms with van der Waals surface area (Å²) in [6.45, 7) is 11.5. The lowest BCUT2D eigenvalue weighted by Gasteiger charge is -2.51. The van der Waals surface area contributed by atoms with E-state index in [1.807, 2.05) is 9.80 Å². The normalized spacial score (nSPS) is 21.6. The average Bonchev–Trinajstić information content (AvgIpc) is 2.70. The number of piperazine rings is 1. The summed E-state index contributed by atoms with van der Waals surface area (Å²) in [5, 5.41) is 0. The number of benzene rings is 1. The summed E-state index contributed by atoms with van der Waals surface area (Å²) in [6.07, 6.45) is 2.33. The molecule has 2 saturated heterocycles. The van der Waals surface area contributed by atoms with E-state index in [4.69, 9.17) is 0 Å². The van der Waals surface area contributed by atoms with Crippen LogP contribution >= 0.6 is 0 Å². The molecule has 0 atom stereocenters. The number of likely N-dealkylation sites (tertiary alicyclic amines) is 1. The highest BCUT2D eigenvalue weighted by Gasteiger charge is 2.42. The summed E-state index contributed by atoms with van der Waals surface area (Å²) in [5.74, 6) is 0. The van der Waals surface area contributed by atoms with Gasteiger partial charge in [-0.25, -0.2) is 4.79 Å². The second kappa shape index (κ2) is 8.40. The van der Waals surface area contributed by atoms with Gasteiger partial charge in [0.1, 0.15) is 0 Å². The molecule has 2 aliphatic rings. The molecule has 0 bridgehead atoms. The summed E-state index contributed by atoms with van der Waals surface area (Å²) in [6, 6.07) is 11.2. The molecule has 144 valence electrons. The van der Waals surface area contributed by atoms with E-state index in [9.17, 15) is 4.79 Å². The monoisotopic (exact) mass is 358 g/mol. The Labute approximate surface area is 158 Å². The molecule has 0 unspecified atom stereocenters. The largest absolute Gasteiger partial charge is 0.325 e. The fourth-order valence-electron chi connectivity index (χ4n) is 4.54. The van der Waals surface area contributed by atoms with Crippen LogP contribution in [0.15, 0.2) is 30.3 Å². The topological polar surface area (TPSA) is 30.0 Å². The smallest absolute Gasteiger partial charge is 0.320 e. The van der Waals surface area contributed by atoms with Crippen molar-refractivity contribution in [2.24, 2.45) is 0 Å². The maximum atomic E-state index is 12.7. The predicted octanol–water partition coefficient (Wildman–Crippen LogP) is 2.69. The Balaban J connectivity index is 1.73. The van der Waals surface area contributed by atoms with E-state index in [0.29, 0.717) is 0 Å². The molecule has 0 spiro atoms. The number of urea groups is 1. The van der Waals surface area contributed by atoms with E-state index in [0.717, 1.165) is 65.2 Å². The molecular formula is C21H34N4O. The summed E-state index contributed by atoms with van der Waals surface area (Å²) in [4.78, 5) is 21.7. The standard InChI is InChI=1S/C21H34N4O/c1-4-23(5-2)20(26)24-15-17-25(18-16-24)21(11-13-22(3)14-12-21)19-9-7-6-8-10-19/h6-10H,4-5,11-18H2,1-3H3. The first-order chi connectivity index (χ1) is 12.6. The van der Waals surface area contributed by atoms with Crippen molar-refractivity contribution in [2.75, 3.05) is 59.4 Å². The van der Waals surface area contributed by atoms with E-state index in [1.54, 1.807) is 0 Å². The minimum absolute atomic E-state index is 0.123. The molecule has 0 radical (unpaired) electrons. The predicted molar refractivity (Wildman–Crippen MR) is 106 cm³/mol. The summed E-state index contributed by atoms with van der Waals surface area (Å²) in [5.41, 5.74) is 1.56. The fourth-order valence-corrected chi connectivity index (χ4v) is 4.54. The van der Waals surface area contributed by atoms with E-state index >= 15 is 0 Å². The highest BCUT2D eigenvalue weighted by Crippen LogP contribution is 2.39. The van der Waals surface area contributed by atoms with Gasteiger partial charge >= 0.3 is 6.03 Å². The van der Waals surface area contributed by atoms with Gasteiger partial charge in [-0.2, -0.15) is 0 Å². The van der Waals surface area contributed by atoms with Crippen LogP contribution in [0.2, 0.25) is 0 Å². The molecule has 1 aromatic rings. The Morgan fingerprint density at radius 2 is 1.54 bits per heavy atom. The van der Waals surface area contributed by atoms with Gasteiger partial charge in [0, 0.05) is 44.8 Å². The maximum absolute atomic E-state index is 12.7. The average molecular weight is 359 g/mol. The molecule has 0 aliphatic carbocycles. The Kier molecular flexibility index (Phi) is 6.20. The number of piperidine rings is 1. The Morgan fingerprint density at radius 3 is 2.08 bits per heavy atom. The first-order valence-corrected chi connectivity index (χ1v) is 10.1. The van der Waals surface area contributed by atoms with Crippen LogP contribution in [0.3, 0.4) is 0 Å². The number of rotatable bonds is 4. The minimum Gasteiger partial charge on any atom is -0.325 e. The van der Waals surface area contributed by atoms with Crippen molar-refractivity contribution in [3.63, 3.8) is 0 Å². The number of hydrogen-bond donors (Lipinski definition) is 0. The number of carbonyl (C=O) groups is 1. The zero-order chi connectivity index (χ0) is 18.6. The van der Waals surface area contributed by atoms with Crippen LogP contribution in [0.4, 0.5) is 4.79 Å². The van der Waals surface area contributed by atoms with Crippen LogP contribution < -0.4 is 0 Å². The van der Waals surface area contributed by atoms with Crippen LogP contribution in [0.25, 0.3) is 0 Å². The fraction of sp³-hybridized carbons (Fsp3) is 0.667. The second-order valence-electron chi connectivity index (χ2n) is 7.63.